The molecule has 1 saturated heterocycles. The summed E-state index contributed by atoms with van der Waals surface area (Å²) in [5, 5.41) is 6.55. The van der Waals surface area contributed by atoms with Crippen molar-refractivity contribution in [3.05, 3.63) is 77.5 Å². The third-order valence-corrected chi connectivity index (χ3v) is 4.35. The third-order valence-electron chi connectivity index (χ3n) is 4.35. The van der Waals surface area contributed by atoms with Crippen molar-refractivity contribution in [2.45, 2.75) is 12.2 Å². The first kappa shape index (κ1) is 20.3. The molecular weight excluding hydrogens is 397 g/mol. The van der Waals surface area contributed by atoms with E-state index in [-0.39, 0.29) is 5.70 Å². The van der Waals surface area contributed by atoms with E-state index in [1.165, 1.54) is 6.07 Å². The molecule has 29 heavy (non-hydrogen) atoms. The maximum Gasteiger partial charge on any atom is 0.418 e. The van der Waals surface area contributed by atoms with Gasteiger partial charge >= 0.3 is 12.2 Å². The van der Waals surface area contributed by atoms with Crippen molar-refractivity contribution < 1.29 is 31.5 Å². The van der Waals surface area contributed by atoms with E-state index in [0.29, 0.717) is 0 Å². The van der Waals surface area contributed by atoms with Gasteiger partial charge in [0.2, 0.25) is 5.91 Å². The summed E-state index contributed by atoms with van der Waals surface area (Å²) < 4.78 is 68.0. The quantitative estimate of drug-likeness (QED) is 0.666. The lowest BCUT2D eigenvalue weighted by Gasteiger charge is -2.34. The van der Waals surface area contributed by atoms with E-state index >= 15 is 0 Å². The Morgan fingerprint density at radius 3 is 2.28 bits per heavy atom. The second-order valence-electron chi connectivity index (χ2n) is 6.25. The second kappa shape index (κ2) is 7.53. The Morgan fingerprint density at radius 2 is 1.66 bits per heavy atom. The first-order valence-corrected chi connectivity index (χ1v) is 8.27. The topological polar surface area (TPSA) is 70.2 Å². The van der Waals surface area contributed by atoms with Gasteiger partial charge in [-0.25, -0.2) is 13.6 Å². The summed E-state index contributed by atoms with van der Waals surface area (Å²) in [6.45, 7) is 3.52. The van der Waals surface area contributed by atoms with Gasteiger partial charge in [-0.2, -0.15) is 13.2 Å². The largest absolute Gasteiger partial charge is 0.418 e. The predicted molar refractivity (Wildman–Crippen MR) is 93.5 cm³/mol. The van der Waals surface area contributed by atoms with Crippen LogP contribution in [0.25, 0.3) is 0 Å². The Bertz CT molecular complexity index is 970. The fraction of sp³-hybridized carbons (Fsp3) is 0.158. The molecule has 0 aliphatic carbocycles. The van der Waals surface area contributed by atoms with Gasteiger partial charge < -0.3 is 16.0 Å². The number of alkyl halides is 3. The minimum atomic E-state index is -4.74. The zero-order valence-corrected chi connectivity index (χ0v) is 14.6. The summed E-state index contributed by atoms with van der Waals surface area (Å²) in [4.78, 5) is 24.6. The molecule has 1 aliphatic rings. The fourth-order valence-electron chi connectivity index (χ4n) is 3.09. The van der Waals surface area contributed by atoms with Crippen LogP contribution in [0.2, 0.25) is 0 Å². The Labute approximate surface area is 161 Å². The molecule has 3 amide bonds. The van der Waals surface area contributed by atoms with E-state index < -0.39 is 58.5 Å². The summed E-state index contributed by atoms with van der Waals surface area (Å²) in [6, 6.07) is 4.84. The number of urea groups is 1. The second-order valence-corrected chi connectivity index (χ2v) is 6.25. The number of halogens is 5. The van der Waals surface area contributed by atoms with Gasteiger partial charge in [0.15, 0.2) is 0 Å². The molecule has 5 nitrogen and oxygen atoms in total. The molecule has 152 valence electrons. The lowest BCUT2D eigenvalue weighted by molar-refractivity contribution is -0.137. The highest BCUT2D eigenvalue weighted by molar-refractivity contribution is 5.97. The molecule has 1 aliphatic heterocycles. The zero-order chi connectivity index (χ0) is 21.3. The van der Waals surface area contributed by atoms with Crippen molar-refractivity contribution in [1.29, 1.82) is 0 Å². The monoisotopic (exact) mass is 411 g/mol. The Hall–Kier alpha value is -3.43. The molecule has 2 aromatic rings. The molecule has 0 radical (unpaired) electrons. The minimum absolute atomic E-state index is 0.219. The molecule has 0 saturated carbocycles. The van der Waals surface area contributed by atoms with Crippen molar-refractivity contribution in [3.8, 4) is 0 Å². The van der Waals surface area contributed by atoms with Crippen molar-refractivity contribution in [3.63, 3.8) is 0 Å². The molecule has 10 heteroatoms. The van der Waals surface area contributed by atoms with E-state index in [9.17, 15) is 31.5 Å². The molecule has 1 fully saturated rings. The number of para-hydroxylation sites is 1. The highest BCUT2D eigenvalue weighted by atomic mass is 19.4. The Morgan fingerprint density at radius 1 is 1.03 bits per heavy atom. The van der Waals surface area contributed by atoms with Crippen LogP contribution < -0.4 is 16.0 Å². The Balaban J connectivity index is 2.00. The molecule has 0 aromatic heterocycles. The normalized spacial score (nSPS) is 19.3. The number of hydrogen-bond acceptors (Lipinski definition) is 2. The van der Waals surface area contributed by atoms with Crippen LogP contribution in [0.1, 0.15) is 17.2 Å². The number of benzene rings is 2. The van der Waals surface area contributed by atoms with E-state index in [2.05, 4.69) is 22.5 Å². The predicted octanol–water partition coefficient (Wildman–Crippen LogP) is 4.11. The van der Waals surface area contributed by atoms with Gasteiger partial charge in [0, 0.05) is 11.3 Å². The number of carbonyl (C=O) groups is 2. The lowest BCUT2D eigenvalue weighted by Crippen LogP contribution is -2.52. The van der Waals surface area contributed by atoms with Crippen molar-refractivity contribution in [2.24, 2.45) is 5.92 Å². The fourth-order valence-corrected chi connectivity index (χ4v) is 3.09. The molecule has 0 unspecified atom stereocenters. The van der Waals surface area contributed by atoms with Crippen LogP contribution >= 0.6 is 0 Å². The van der Waals surface area contributed by atoms with E-state index in [0.717, 1.165) is 36.4 Å². The SMILES string of the molecule is C=C1NC(=O)N[C@@H](c2c(F)cccc2F)[C@@H]1C(=O)Nc1ccccc1C(F)(F)F. The molecular formula is C19H14F5N3O2. The van der Waals surface area contributed by atoms with Crippen LogP contribution in [0.5, 0.6) is 0 Å². The van der Waals surface area contributed by atoms with Crippen LogP contribution in [0.15, 0.2) is 54.7 Å². The van der Waals surface area contributed by atoms with Gasteiger partial charge in [0.25, 0.3) is 0 Å². The average molecular weight is 411 g/mol. The summed E-state index contributed by atoms with van der Waals surface area (Å²) in [5.41, 5.74) is -2.46. The minimum Gasteiger partial charge on any atom is -0.330 e. The molecule has 0 spiro atoms. The van der Waals surface area contributed by atoms with Gasteiger partial charge in [-0.05, 0) is 24.3 Å². The zero-order valence-electron chi connectivity index (χ0n) is 14.6. The molecule has 2 atom stereocenters. The molecule has 2 aromatic carbocycles. The summed E-state index contributed by atoms with van der Waals surface area (Å²) >= 11 is 0. The van der Waals surface area contributed by atoms with Gasteiger partial charge in [-0.15, -0.1) is 0 Å². The first-order chi connectivity index (χ1) is 13.6. The van der Waals surface area contributed by atoms with E-state index in [1.807, 2.05) is 0 Å². The summed E-state index contributed by atoms with van der Waals surface area (Å²) in [6.07, 6.45) is -4.74. The smallest absolute Gasteiger partial charge is 0.330 e. The molecule has 3 rings (SSSR count). The number of rotatable bonds is 3. The highest BCUT2D eigenvalue weighted by Crippen LogP contribution is 2.37. The standard InChI is InChI=1S/C19H14F5N3O2/c1-9-14(17(28)26-13-8-3-2-5-10(13)19(22,23)24)16(27-18(29)25-9)15-11(20)6-4-7-12(15)21/h2-8,14,16H,1H2,(H,26,28)(H2,25,27,29)/t14-,16-/m1/s1. The highest BCUT2D eigenvalue weighted by Gasteiger charge is 2.41. The third kappa shape index (κ3) is 4.05. The van der Waals surface area contributed by atoms with Gasteiger partial charge in [-0.1, -0.05) is 24.8 Å². The van der Waals surface area contributed by atoms with Crippen LogP contribution in [0, 0.1) is 17.6 Å². The van der Waals surface area contributed by atoms with Crippen LogP contribution in [-0.2, 0) is 11.0 Å². The Kier molecular flexibility index (Phi) is 5.27. The average Bonchev–Trinajstić information content (AvgIpc) is 2.60. The molecule has 1 heterocycles. The number of carbonyl (C=O) groups excluding carboxylic acids is 2. The van der Waals surface area contributed by atoms with Gasteiger partial charge in [0.1, 0.15) is 17.6 Å². The van der Waals surface area contributed by atoms with Crippen molar-refractivity contribution in [2.75, 3.05) is 5.32 Å². The van der Waals surface area contributed by atoms with Crippen LogP contribution in [-0.4, -0.2) is 11.9 Å². The van der Waals surface area contributed by atoms with Crippen LogP contribution in [0.4, 0.5) is 32.4 Å². The van der Waals surface area contributed by atoms with E-state index in [4.69, 9.17) is 0 Å². The summed E-state index contributed by atoms with van der Waals surface area (Å²) in [5.74, 6) is -4.58. The van der Waals surface area contributed by atoms with Crippen LogP contribution in [0.3, 0.4) is 0 Å². The summed E-state index contributed by atoms with van der Waals surface area (Å²) in [7, 11) is 0. The van der Waals surface area contributed by atoms with Crippen molar-refractivity contribution >= 4 is 17.6 Å². The first-order valence-electron chi connectivity index (χ1n) is 8.27. The van der Waals surface area contributed by atoms with E-state index in [1.54, 1.807) is 0 Å². The number of anilines is 1. The van der Waals surface area contributed by atoms with Crippen molar-refractivity contribution in [1.82, 2.24) is 10.6 Å². The maximum absolute atomic E-state index is 14.3. The van der Waals surface area contributed by atoms with Gasteiger partial charge in [0.05, 0.1) is 17.3 Å². The number of hydrogen-bond donors (Lipinski definition) is 3. The lowest BCUT2D eigenvalue weighted by atomic mass is 9.87. The maximum atomic E-state index is 14.3. The number of amides is 3. The molecule has 3 N–H and O–H groups in total. The molecule has 0 bridgehead atoms. The number of nitrogens with one attached hydrogen (secondary N) is 3. The van der Waals surface area contributed by atoms with Gasteiger partial charge in [-0.3, -0.25) is 4.79 Å².